The van der Waals surface area contributed by atoms with Crippen molar-refractivity contribution in [2.75, 3.05) is 32.2 Å². The molecule has 2 rings (SSSR count). The molecule has 1 atom stereocenters. The highest BCUT2D eigenvalue weighted by Crippen LogP contribution is 2.37. The maximum Gasteiger partial charge on any atom is 0.133 e. The molecular formula is C15H25N3O. The van der Waals surface area contributed by atoms with Crippen LogP contribution >= 0.6 is 0 Å². The Morgan fingerprint density at radius 3 is 2.95 bits per heavy atom. The summed E-state index contributed by atoms with van der Waals surface area (Å²) in [5.74, 6) is 1.93. The van der Waals surface area contributed by atoms with Gasteiger partial charge in [-0.05, 0) is 38.8 Å². The van der Waals surface area contributed by atoms with E-state index in [1.165, 1.54) is 18.4 Å². The van der Waals surface area contributed by atoms with E-state index in [9.17, 15) is 0 Å². The molecule has 1 aromatic heterocycles. The lowest BCUT2D eigenvalue weighted by atomic mass is 10.1. The molecule has 1 unspecified atom stereocenters. The number of ether oxygens (including phenoxy) is 1. The molecule has 1 N–H and O–H groups in total. The quantitative estimate of drug-likeness (QED) is 0.779. The second-order valence-electron chi connectivity index (χ2n) is 5.28. The summed E-state index contributed by atoms with van der Waals surface area (Å²) < 4.78 is 5.26. The van der Waals surface area contributed by atoms with E-state index in [1.54, 1.807) is 7.11 Å². The van der Waals surface area contributed by atoms with Gasteiger partial charge in [-0.1, -0.05) is 6.07 Å². The number of hydrogen-bond donors (Lipinski definition) is 1. The lowest BCUT2D eigenvalue weighted by molar-refractivity contribution is 0.202. The average Bonchev–Trinajstić information content (AvgIpc) is 3.25. The van der Waals surface area contributed by atoms with Crippen LogP contribution in [0.3, 0.4) is 0 Å². The first-order valence-corrected chi connectivity index (χ1v) is 7.12. The van der Waals surface area contributed by atoms with E-state index in [2.05, 4.69) is 28.2 Å². The fraction of sp³-hybridized carbons (Fsp3) is 0.667. The third-order valence-electron chi connectivity index (χ3n) is 3.84. The average molecular weight is 263 g/mol. The first-order chi connectivity index (χ1) is 9.27. The van der Waals surface area contributed by atoms with E-state index in [0.717, 1.165) is 31.4 Å². The van der Waals surface area contributed by atoms with Crippen molar-refractivity contribution in [3.63, 3.8) is 0 Å². The molecule has 0 aliphatic heterocycles. The highest BCUT2D eigenvalue weighted by atomic mass is 16.5. The molecule has 1 aliphatic carbocycles. The summed E-state index contributed by atoms with van der Waals surface area (Å²) in [6.07, 6.45) is 4.58. The summed E-state index contributed by atoms with van der Waals surface area (Å²) in [5.41, 5.74) is 1.26. The van der Waals surface area contributed by atoms with E-state index >= 15 is 0 Å². The molecule has 19 heavy (non-hydrogen) atoms. The van der Waals surface area contributed by atoms with Gasteiger partial charge in [0.2, 0.25) is 0 Å². The molecule has 0 bridgehead atoms. The summed E-state index contributed by atoms with van der Waals surface area (Å²) in [5, 5.41) is 3.22. The van der Waals surface area contributed by atoms with E-state index in [0.29, 0.717) is 6.04 Å². The summed E-state index contributed by atoms with van der Waals surface area (Å²) in [7, 11) is 3.73. The molecule has 0 radical (unpaired) electrons. The zero-order valence-electron chi connectivity index (χ0n) is 12.2. The number of nitrogens with one attached hydrogen (secondary N) is 1. The minimum absolute atomic E-state index is 0.542. The Hall–Kier alpha value is -1.13. The Labute approximate surface area is 116 Å². The van der Waals surface area contributed by atoms with Crippen molar-refractivity contribution >= 4 is 5.82 Å². The standard InChI is InChI=1S/C15H25N3O/c1-12(13-6-7-13)18(9-10-19-3)15-14(11-16-2)5-4-8-17-15/h4-5,8,12-13,16H,6-7,9-11H2,1-3H3. The number of hydrogen-bond acceptors (Lipinski definition) is 4. The smallest absolute Gasteiger partial charge is 0.133 e. The van der Waals surface area contributed by atoms with E-state index < -0.39 is 0 Å². The fourth-order valence-corrected chi connectivity index (χ4v) is 2.54. The van der Waals surface area contributed by atoms with Gasteiger partial charge in [-0.2, -0.15) is 0 Å². The fourth-order valence-electron chi connectivity index (χ4n) is 2.54. The maximum atomic E-state index is 5.26. The monoisotopic (exact) mass is 263 g/mol. The largest absolute Gasteiger partial charge is 0.383 e. The number of anilines is 1. The third kappa shape index (κ3) is 3.67. The Balaban J connectivity index is 2.20. The van der Waals surface area contributed by atoms with Crippen LogP contribution in [0.2, 0.25) is 0 Å². The van der Waals surface area contributed by atoms with Crippen molar-refractivity contribution < 1.29 is 4.74 Å². The maximum absolute atomic E-state index is 5.26. The molecule has 0 aromatic carbocycles. The molecule has 0 saturated heterocycles. The zero-order valence-corrected chi connectivity index (χ0v) is 12.2. The first-order valence-electron chi connectivity index (χ1n) is 7.12. The lowest BCUT2D eigenvalue weighted by Crippen LogP contribution is -2.38. The van der Waals surface area contributed by atoms with Crippen LogP contribution in [0.1, 0.15) is 25.3 Å². The van der Waals surface area contributed by atoms with Crippen LogP contribution in [0.5, 0.6) is 0 Å². The van der Waals surface area contributed by atoms with Gasteiger partial charge in [-0.3, -0.25) is 0 Å². The van der Waals surface area contributed by atoms with Crippen LogP contribution in [0.15, 0.2) is 18.3 Å². The van der Waals surface area contributed by atoms with Gasteiger partial charge in [-0.15, -0.1) is 0 Å². The van der Waals surface area contributed by atoms with Crippen LogP contribution < -0.4 is 10.2 Å². The van der Waals surface area contributed by atoms with Gasteiger partial charge in [0.1, 0.15) is 5.82 Å². The van der Waals surface area contributed by atoms with Gasteiger partial charge >= 0.3 is 0 Å². The molecule has 4 nitrogen and oxygen atoms in total. The topological polar surface area (TPSA) is 37.4 Å². The van der Waals surface area contributed by atoms with E-state index in [1.807, 2.05) is 19.3 Å². The summed E-state index contributed by atoms with van der Waals surface area (Å²) >= 11 is 0. The van der Waals surface area contributed by atoms with Crippen LogP contribution in [0.25, 0.3) is 0 Å². The van der Waals surface area contributed by atoms with Crippen LogP contribution in [0, 0.1) is 5.92 Å². The predicted octanol–water partition coefficient (Wildman–Crippen LogP) is 2.05. The number of aromatic nitrogens is 1. The summed E-state index contributed by atoms with van der Waals surface area (Å²) in [6.45, 7) is 4.81. The molecule has 1 aliphatic rings. The van der Waals surface area contributed by atoms with Gasteiger partial charge in [0.05, 0.1) is 6.61 Å². The van der Waals surface area contributed by atoms with Gasteiger partial charge in [0.15, 0.2) is 0 Å². The second-order valence-corrected chi connectivity index (χ2v) is 5.28. The third-order valence-corrected chi connectivity index (χ3v) is 3.84. The number of rotatable bonds is 8. The first kappa shape index (κ1) is 14.3. The second kappa shape index (κ2) is 6.87. The molecule has 1 fully saturated rings. The molecule has 4 heteroatoms. The predicted molar refractivity (Wildman–Crippen MR) is 78.4 cm³/mol. The Bertz CT molecular complexity index is 393. The van der Waals surface area contributed by atoms with Crippen molar-refractivity contribution in [2.24, 2.45) is 5.92 Å². The Morgan fingerprint density at radius 1 is 1.53 bits per heavy atom. The van der Waals surface area contributed by atoms with Crippen molar-refractivity contribution in [1.29, 1.82) is 0 Å². The minimum atomic E-state index is 0.542. The van der Waals surface area contributed by atoms with Gasteiger partial charge in [0.25, 0.3) is 0 Å². The SMILES string of the molecule is CNCc1cccnc1N(CCOC)C(C)C1CC1. The normalized spacial score (nSPS) is 16.4. The Kier molecular flexibility index (Phi) is 5.16. The minimum Gasteiger partial charge on any atom is -0.383 e. The van der Waals surface area contributed by atoms with Crippen molar-refractivity contribution in [3.8, 4) is 0 Å². The molecule has 1 heterocycles. The van der Waals surface area contributed by atoms with Crippen molar-refractivity contribution in [3.05, 3.63) is 23.9 Å². The van der Waals surface area contributed by atoms with Gasteiger partial charge in [-0.25, -0.2) is 4.98 Å². The molecule has 0 spiro atoms. The number of methoxy groups -OCH3 is 1. The van der Waals surface area contributed by atoms with Gasteiger partial charge < -0.3 is 15.0 Å². The highest BCUT2D eigenvalue weighted by molar-refractivity contribution is 5.48. The van der Waals surface area contributed by atoms with Crippen molar-refractivity contribution in [1.82, 2.24) is 10.3 Å². The van der Waals surface area contributed by atoms with Crippen LogP contribution in [-0.2, 0) is 11.3 Å². The van der Waals surface area contributed by atoms with Crippen molar-refractivity contribution in [2.45, 2.75) is 32.4 Å². The lowest BCUT2D eigenvalue weighted by Gasteiger charge is -2.32. The molecule has 1 aromatic rings. The molecule has 106 valence electrons. The molecular weight excluding hydrogens is 238 g/mol. The molecule has 1 saturated carbocycles. The van der Waals surface area contributed by atoms with Gasteiger partial charge in [0, 0.05) is 38.0 Å². The van der Waals surface area contributed by atoms with E-state index in [4.69, 9.17) is 4.74 Å². The van der Waals surface area contributed by atoms with E-state index in [-0.39, 0.29) is 0 Å². The summed E-state index contributed by atoms with van der Waals surface area (Å²) in [4.78, 5) is 7.02. The Morgan fingerprint density at radius 2 is 2.32 bits per heavy atom. The van der Waals surface area contributed by atoms with Crippen LogP contribution in [-0.4, -0.2) is 38.3 Å². The summed E-state index contributed by atoms with van der Waals surface area (Å²) in [6, 6.07) is 4.70. The number of nitrogens with zero attached hydrogens (tertiary/aromatic N) is 2. The highest BCUT2D eigenvalue weighted by Gasteiger charge is 2.33. The number of pyridine rings is 1. The zero-order chi connectivity index (χ0) is 13.7. The molecule has 0 amide bonds. The van der Waals surface area contributed by atoms with Crippen LogP contribution in [0.4, 0.5) is 5.82 Å².